The zero-order valence-corrected chi connectivity index (χ0v) is 12.8. The van der Waals surface area contributed by atoms with E-state index in [2.05, 4.69) is 11.4 Å². The van der Waals surface area contributed by atoms with Crippen LogP contribution in [0.5, 0.6) is 5.75 Å². The summed E-state index contributed by atoms with van der Waals surface area (Å²) >= 11 is 0. The minimum atomic E-state index is 0.0194. The molecule has 2 rings (SSSR count). The van der Waals surface area contributed by atoms with Gasteiger partial charge in [-0.2, -0.15) is 0 Å². The third-order valence-electron chi connectivity index (χ3n) is 3.32. The average molecular weight is 283 g/mol. The van der Waals surface area contributed by atoms with Gasteiger partial charge in [-0.1, -0.05) is 24.3 Å². The van der Waals surface area contributed by atoms with Crippen LogP contribution in [0.2, 0.25) is 0 Å². The van der Waals surface area contributed by atoms with Crippen molar-refractivity contribution in [2.45, 2.75) is 26.7 Å². The summed E-state index contributed by atoms with van der Waals surface area (Å²) in [4.78, 5) is 12.1. The van der Waals surface area contributed by atoms with Crippen molar-refractivity contribution < 1.29 is 9.53 Å². The van der Waals surface area contributed by atoms with Crippen molar-refractivity contribution in [1.29, 1.82) is 0 Å². The van der Waals surface area contributed by atoms with E-state index in [4.69, 9.17) is 4.74 Å². The van der Waals surface area contributed by atoms with E-state index in [1.165, 1.54) is 0 Å². The van der Waals surface area contributed by atoms with Crippen molar-refractivity contribution in [1.82, 2.24) is 0 Å². The molecule has 3 heteroatoms. The first-order chi connectivity index (χ1) is 10.1. The number of nitrogens with one attached hydrogen (secondary N) is 1. The van der Waals surface area contributed by atoms with E-state index < -0.39 is 0 Å². The molecule has 0 fully saturated rings. The van der Waals surface area contributed by atoms with E-state index in [9.17, 15) is 4.79 Å². The molecule has 3 nitrogen and oxygen atoms in total. The molecule has 0 spiro atoms. The van der Waals surface area contributed by atoms with Crippen LogP contribution >= 0.6 is 0 Å². The van der Waals surface area contributed by atoms with Crippen LogP contribution in [0.1, 0.15) is 23.1 Å². The molecule has 1 amide bonds. The van der Waals surface area contributed by atoms with Gasteiger partial charge in [-0.25, -0.2) is 0 Å². The van der Waals surface area contributed by atoms with E-state index in [0.29, 0.717) is 12.8 Å². The summed E-state index contributed by atoms with van der Waals surface area (Å²) in [5.74, 6) is 0.850. The standard InChI is InChI=1S/C18H21NO2/c1-13-10-14(2)12-16(11-13)19-18(20)9-8-15-6-4-5-7-17(15)21-3/h4-7,10-12H,8-9H2,1-3H3,(H,19,20). The number of aryl methyl sites for hydroxylation is 3. The predicted molar refractivity (Wildman–Crippen MR) is 85.9 cm³/mol. The number of rotatable bonds is 5. The number of methoxy groups -OCH3 is 1. The monoisotopic (exact) mass is 283 g/mol. The van der Waals surface area contributed by atoms with Gasteiger partial charge in [0.05, 0.1) is 7.11 Å². The van der Waals surface area contributed by atoms with Crippen molar-refractivity contribution >= 4 is 11.6 Å². The zero-order valence-electron chi connectivity index (χ0n) is 12.8. The summed E-state index contributed by atoms with van der Waals surface area (Å²) < 4.78 is 5.30. The number of carbonyl (C=O) groups excluding carboxylic acids is 1. The van der Waals surface area contributed by atoms with Gasteiger partial charge in [0, 0.05) is 12.1 Å². The van der Waals surface area contributed by atoms with Gasteiger partial charge in [0.1, 0.15) is 5.75 Å². The van der Waals surface area contributed by atoms with E-state index in [0.717, 1.165) is 28.1 Å². The molecule has 0 aromatic heterocycles. The zero-order chi connectivity index (χ0) is 15.2. The molecule has 0 aliphatic carbocycles. The number of hydrogen-bond acceptors (Lipinski definition) is 2. The van der Waals surface area contributed by atoms with Crippen molar-refractivity contribution in [2.24, 2.45) is 0 Å². The molecule has 0 aliphatic heterocycles. The third-order valence-corrected chi connectivity index (χ3v) is 3.32. The summed E-state index contributed by atoms with van der Waals surface area (Å²) in [6.07, 6.45) is 1.11. The lowest BCUT2D eigenvalue weighted by Gasteiger charge is -2.09. The van der Waals surface area contributed by atoms with Crippen molar-refractivity contribution in [3.05, 3.63) is 59.2 Å². The van der Waals surface area contributed by atoms with Crippen LogP contribution in [0.3, 0.4) is 0 Å². The number of anilines is 1. The van der Waals surface area contributed by atoms with Gasteiger partial charge < -0.3 is 10.1 Å². The van der Waals surface area contributed by atoms with Crippen LogP contribution in [0, 0.1) is 13.8 Å². The molecule has 0 atom stereocenters. The Labute approximate surface area is 126 Å². The Bertz CT molecular complexity index is 615. The molecule has 0 bridgehead atoms. The molecule has 0 unspecified atom stereocenters. The highest BCUT2D eigenvalue weighted by molar-refractivity contribution is 5.91. The Morgan fingerprint density at radius 3 is 2.43 bits per heavy atom. The molecular formula is C18H21NO2. The first-order valence-electron chi connectivity index (χ1n) is 7.08. The second-order valence-electron chi connectivity index (χ2n) is 5.24. The van der Waals surface area contributed by atoms with Gasteiger partial charge in [0.25, 0.3) is 0 Å². The predicted octanol–water partition coefficient (Wildman–Crippen LogP) is 3.88. The number of amides is 1. The summed E-state index contributed by atoms with van der Waals surface area (Å²) in [5.41, 5.74) is 4.21. The van der Waals surface area contributed by atoms with Gasteiger partial charge in [0.15, 0.2) is 0 Å². The second-order valence-corrected chi connectivity index (χ2v) is 5.24. The quantitative estimate of drug-likeness (QED) is 0.904. The minimum Gasteiger partial charge on any atom is -0.496 e. The van der Waals surface area contributed by atoms with Crippen molar-refractivity contribution in [3.8, 4) is 5.75 Å². The normalized spacial score (nSPS) is 10.2. The van der Waals surface area contributed by atoms with E-state index in [1.54, 1.807) is 7.11 Å². The first kappa shape index (κ1) is 15.1. The number of benzene rings is 2. The molecule has 0 radical (unpaired) electrons. The highest BCUT2D eigenvalue weighted by Crippen LogP contribution is 2.19. The number of ether oxygens (including phenoxy) is 1. The first-order valence-corrected chi connectivity index (χ1v) is 7.08. The average Bonchev–Trinajstić information content (AvgIpc) is 2.44. The highest BCUT2D eigenvalue weighted by Gasteiger charge is 2.07. The Kier molecular flexibility index (Phi) is 4.99. The van der Waals surface area contributed by atoms with Crippen LogP contribution in [0.15, 0.2) is 42.5 Å². The summed E-state index contributed by atoms with van der Waals surface area (Å²) in [6.45, 7) is 4.05. The second kappa shape index (κ2) is 6.93. The maximum atomic E-state index is 12.1. The number of hydrogen-bond donors (Lipinski definition) is 1. The molecule has 0 saturated heterocycles. The molecule has 0 heterocycles. The third kappa shape index (κ3) is 4.35. The van der Waals surface area contributed by atoms with Gasteiger partial charge in [0.2, 0.25) is 5.91 Å². The Balaban J connectivity index is 1.96. The summed E-state index contributed by atoms with van der Waals surface area (Å²) in [5, 5.41) is 2.95. The fraction of sp³-hybridized carbons (Fsp3) is 0.278. The molecule has 0 saturated carbocycles. The van der Waals surface area contributed by atoms with E-state index in [-0.39, 0.29) is 5.91 Å². The fourth-order valence-electron chi connectivity index (χ4n) is 2.43. The molecule has 21 heavy (non-hydrogen) atoms. The Morgan fingerprint density at radius 2 is 1.76 bits per heavy atom. The van der Waals surface area contributed by atoms with Crippen molar-refractivity contribution in [3.63, 3.8) is 0 Å². The smallest absolute Gasteiger partial charge is 0.224 e. The minimum absolute atomic E-state index is 0.0194. The van der Waals surface area contributed by atoms with E-state index in [1.807, 2.05) is 50.2 Å². The summed E-state index contributed by atoms with van der Waals surface area (Å²) in [7, 11) is 1.65. The Morgan fingerprint density at radius 1 is 1.10 bits per heavy atom. The maximum Gasteiger partial charge on any atom is 0.224 e. The molecule has 0 aliphatic rings. The van der Waals surface area contributed by atoms with E-state index >= 15 is 0 Å². The maximum absolute atomic E-state index is 12.1. The number of para-hydroxylation sites is 1. The topological polar surface area (TPSA) is 38.3 Å². The van der Waals surface area contributed by atoms with Gasteiger partial charge in [-0.05, 0) is 55.2 Å². The van der Waals surface area contributed by atoms with Gasteiger partial charge in [-0.3, -0.25) is 4.79 Å². The van der Waals surface area contributed by atoms with Crippen molar-refractivity contribution in [2.75, 3.05) is 12.4 Å². The lowest BCUT2D eigenvalue weighted by atomic mass is 10.1. The fourth-order valence-corrected chi connectivity index (χ4v) is 2.43. The van der Waals surface area contributed by atoms with Gasteiger partial charge in [-0.15, -0.1) is 0 Å². The molecule has 2 aromatic rings. The highest BCUT2D eigenvalue weighted by atomic mass is 16.5. The molecule has 110 valence electrons. The Hall–Kier alpha value is -2.29. The van der Waals surface area contributed by atoms with Crippen LogP contribution in [0.4, 0.5) is 5.69 Å². The van der Waals surface area contributed by atoms with Gasteiger partial charge >= 0.3 is 0 Å². The van der Waals surface area contributed by atoms with Crippen LogP contribution in [-0.4, -0.2) is 13.0 Å². The largest absolute Gasteiger partial charge is 0.496 e. The lowest BCUT2D eigenvalue weighted by Crippen LogP contribution is -2.12. The lowest BCUT2D eigenvalue weighted by molar-refractivity contribution is -0.116. The van der Waals surface area contributed by atoms with Crippen LogP contribution < -0.4 is 10.1 Å². The summed E-state index contributed by atoms with van der Waals surface area (Å²) in [6, 6.07) is 13.8. The molecule has 1 N–H and O–H groups in total. The number of carbonyl (C=O) groups is 1. The molecule has 2 aromatic carbocycles. The van der Waals surface area contributed by atoms with Crippen LogP contribution in [-0.2, 0) is 11.2 Å². The van der Waals surface area contributed by atoms with Crippen LogP contribution in [0.25, 0.3) is 0 Å². The molecular weight excluding hydrogens is 262 g/mol. The SMILES string of the molecule is COc1ccccc1CCC(=O)Nc1cc(C)cc(C)c1.